The normalized spacial score (nSPS) is 25.4. The van der Waals surface area contributed by atoms with Gasteiger partial charge in [0.05, 0.1) is 39.4 Å². The van der Waals surface area contributed by atoms with E-state index in [0.717, 1.165) is 37.9 Å². The molecule has 2 aliphatic rings. The van der Waals surface area contributed by atoms with Gasteiger partial charge in [-0.15, -0.1) is 11.3 Å². The maximum atomic E-state index is 10.9. The van der Waals surface area contributed by atoms with E-state index in [1.165, 1.54) is 12.8 Å². The summed E-state index contributed by atoms with van der Waals surface area (Å²) in [6, 6.07) is 1.81. The van der Waals surface area contributed by atoms with Gasteiger partial charge < -0.3 is 26.0 Å². The fraction of sp³-hybridized carbons (Fsp3) is 0.615. The van der Waals surface area contributed by atoms with Crippen molar-refractivity contribution in [1.82, 2.24) is 19.9 Å². The van der Waals surface area contributed by atoms with Gasteiger partial charge in [-0.2, -0.15) is 4.98 Å². The molecule has 0 radical (unpaired) electrons. The van der Waals surface area contributed by atoms with E-state index in [1.54, 1.807) is 25.2 Å². The zero-order valence-electron chi connectivity index (χ0n) is 21.7. The lowest BCUT2D eigenvalue weighted by atomic mass is 9.88. The summed E-state index contributed by atoms with van der Waals surface area (Å²) in [7, 11) is 0. The monoisotopic (exact) mass is 512 g/mol. The van der Waals surface area contributed by atoms with Gasteiger partial charge in [0.1, 0.15) is 22.4 Å². The average Bonchev–Trinajstić information content (AvgIpc) is 3.48. The molecule has 2 aliphatic carbocycles. The van der Waals surface area contributed by atoms with Crippen molar-refractivity contribution in [3.8, 4) is 10.6 Å². The number of anilines is 2. The Morgan fingerprint density at radius 2 is 1.75 bits per heavy atom. The molecule has 3 aromatic rings. The Kier molecular flexibility index (Phi) is 6.43. The van der Waals surface area contributed by atoms with Gasteiger partial charge in [-0.3, -0.25) is 4.98 Å². The molecule has 194 valence electrons. The summed E-state index contributed by atoms with van der Waals surface area (Å²) in [4.78, 5) is 19.1. The number of aromatic nitrogens is 4. The standard InChI is InChI=1S/C26H36N6O3S/c1-11-9-18-20(14(4)27-11)31-24(36-18)19-13(3)29-25(28-12(2)15-7-8-15)32-23(19)30-17-10-16(26(5,6)35)21(33)22(17)34/h9,12,15-17,21-22,33-35H,7-8,10H2,1-6H3,(H2,28,29,30,32)/t12-,16+,17-,21-,22+/m1/s1. The van der Waals surface area contributed by atoms with Gasteiger partial charge >= 0.3 is 0 Å². The molecular formula is C26H36N6O3S. The van der Waals surface area contributed by atoms with Gasteiger partial charge in [0.25, 0.3) is 0 Å². The van der Waals surface area contributed by atoms with E-state index in [1.807, 2.05) is 26.8 Å². The number of pyridine rings is 1. The van der Waals surface area contributed by atoms with Gasteiger partial charge in [0.2, 0.25) is 5.95 Å². The molecule has 5 rings (SSSR count). The van der Waals surface area contributed by atoms with Gasteiger partial charge in [-0.05, 0) is 72.8 Å². The van der Waals surface area contributed by atoms with Crippen LogP contribution in [0.4, 0.5) is 11.8 Å². The van der Waals surface area contributed by atoms with Crippen LogP contribution in [0.1, 0.15) is 57.1 Å². The number of aliphatic hydroxyl groups excluding tert-OH is 2. The molecule has 0 spiro atoms. The summed E-state index contributed by atoms with van der Waals surface area (Å²) in [5.74, 6) is 1.25. The van der Waals surface area contributed by atoms with Crippen LogP contribution in [-0.2, 0) is 0 Å². The van der Waals surface area contributed by atoms with Gasteiger partial charge in [0, 0.05) is 17.7 Å². The highest BCUT2D eigenvalue weighted by molar-refractivity contribution is 7.21. The van der Waals surface area contributed by atoms with Crippen molar-refractivity contribution < 1.29 is 15.3 Å². The molecule has 10 heteroatoms. The molecular weight excluding hydrogens is 476 g/mol. The Bertz CT molecular complexity index is 1280. The van der Waals surface area contributed by atoms with E-state index in [2.05, 4.69) is 22.5 Å². The van der Waals surface area contributed by atoms with Crippen LogP contribution in [0, 0.1) is 32.6 Å². The lowest BCUT2D eigenvalue weighted by Crippen LogP contribution is -2.40. The Balaban J connectivity index is 1.56. The van der Waals surface area contributed by atoms with E-state index in [4.69, 9.17) is 15.0 Å². The number of aliphatic hydroxyl groups is 3. The number of hydrogen-bond donors (Lipinski definition) is 5. The van der Waals surface area contributed by atoms with Crippen LogP contribution < -0.4 is 10.6 Å². The Morgan fingerprint density at radius 3 is 2.39 bits per heavy atom. The van der Waals surface area contributed by atoms with Crippen LogP contribution >= 0.6 is 11.3 Å². The zero-order valence-corrected chi connectivity index (χ0v) is 22.5. The maximum Gasteiger partial charge on any atom is 0.225 e. The van der Waals surface area contributed by atoms with E-state index in [9.17, 15) is 15.3 Å². The summed E-state index contributed by atoms with van der Waals surface area (Å²) in [5, 5.41) is 39.7. The molecule has 5 atom stereocenters. The zero-order chi connectivity index (χ0) is 25.9. The third-order valence-corrected chi connectivity index (χ3v) is 8.60. The molecule has 0 aliphatic heterocycles. The highest BCUT2D eigenvalue weighted by Gasteiger charge is 2.48. The topological polar surface area (TPSA) is 136 Å². The molecule has 0 aromatic carbocycles. The fourth-order valence-corrected chi connectivity index (χ4v) is 6.52. The number of nitrogens with zero attached hydrogens (tertiary/aromatic N) is 4. The lowest BCUT2D eigenvalue weighted by Gasteiger charge is -2.28. The number of fused-ring (bicyclic) bond motifs is 1. The van der Waals surface area contributed by atoms with E-state index in [-0.39, 0.29) is 6.04 Å². The maximum absolute atomic E-state index is 10.9. The molecule has 3 aromatic heterocycles. The van der Waals surface area contributed by atoms with Gasteiger partial charge in [0.15, 0.2) is 0 Å². The van der Waals surface area contributed by atoms with Crippen LogP contribution in [-0.4, -0.2) is 65.1 Å². The molecule has 36 heavy (non-hydrogen) atoms. The number of thiazole rings is 1. The minimum atomic E-state index is -1.12. The third kappa shape index (κ3) is 4.79. The van der Waals surface area contributed by atoms with Crippen LogP contribution in [0.15, 0.2) is 6.07 Å². The molecule has 9 nitrogen and oxygen atoms in total. The number of nitrogens with one attached hydrogen (secondary N) is 2. The molecule has 0 amide bonds. The Labute approximate surface area is 215 Å². The highest BCUT2D eigenvalue weighted by atomic mass is 32.1. The molecule has 2 saturated carbocycles. The Morgan fingerprint density at radius 1 is 1.03 bits per heavy atom. The number of rotatable bonds is 7. The first-order valence-electron chi connectivity index (χ1n) is 12.7. The minimum absolute atomic E-state index is 0.265. The van der Waals surface area contributed by atoms with E-state index >= 15 is 0 Å². The first-order chi connectivity index (χ1) is 16.9. The number of hydrogen-bond acceptors (Lipinski definition) is 10. The van der Waals surface area contributed by atoms with Crippen molar-refractivity contribution >= 4 is 33.3 Å². The SMILES string of the molecule is Cc1cc2sc(-c3c(C)nc(N[C@H](C)C4CC4)nc3N[C@@H]3C[C@H](C(C)(C)O)[C@@H](O)[C@H]3O)nc2c(C)n1. The largest absolute Gasteiger partial charge is 0.390 e. The van der Waals surface area contributed by atoms with E-state index in [0.29, 0.717) is 24.1 Å². The fourth-order valence-electron chi connectivity index (χ4n) is 5.31. The third-order valence-electron chi connectivity index (χ3n) is 7.58. The summed E-state index contributed by atoms with van der Waals surface area (Å²) in [5.41, 5.74) is 3.09. The van der Waals surface area contributed by atoms with Crippen LogP contribution in [0.2, 0.25) is 0 Å². The van der Waals surface area contributed by atoms with Crippen molar-refractivity contribution in [3.05, 3.63) is 23.1 Å². The first-order valence-corrected chi connectivity index (χ1v) is 13.5. The first kappa shape index (κ1) is 25.3. The molecule has 0 saturated heterocycles. The van der Waals surface area contributed by atoms with Crippen molar-refractivity contribution in [2.75, 3.05) is 10.6 Å². The molecule has 0 bridgehead atoms. The van der Waals surface area contributed by atoms with Crippen LogP contribution in [0.3, 0.4) is 0 Å². The second-order valence-corrected chi connectivity index (χ2v) is 12.1. The summed E-state index contributed by atoms with van der Waals surface area (Å²) >= 11 is 1.56. The van der Waals surface area contributed by atoms with Crippen molar-refractivity contribution in [3.63, 3.8) is 0 Å². The molecule has 0 unspecified atom stereocenters. The summed E-state index contributed by atoms with van der Waals surface area (Å²) < 4.78 is 1.04. The van der Waals surface area contributed by atoms with Crippen molar-refractivity contribution in [2.45, 2.75) is 90.7 Å². The van der Waals surface area contributed by atoms with Crippen LogP contribution in [0.5, 0.6) is 0 Å². The van der Waals surface area contributed by atoms with Gasteiger partial charge in [-0.25, -0.2) is 9.97 Å². The number of aryl methyl sites for hydroxylation is 3. The molecule has 5 N–H and O–H groups in total. The van der Waals surface area contributed by atoms with E-state index < -0.39 is 29.8 Å². The molecule has 2 fully saturated rings. The second kappa shape index (κ2) is 9.16. The second-order valence-electron chi connectivity index (χ2n) is 11.1. The summed E-state index contributed by atoms with van der Waals surface area (Å²) in [6.07, 6.45) is 0.729. The molecule has 3 heterocycles. The minimum Gasteiger partial charge on any atom is -0.390 e. The average molecular weight is 513 g/mol. The smallest absolute Gasteiger partial charge is 0.225 e. The Hall–Kier alpha value is -2.40. The highest BCUT2D eigenvalue weighted by Crippen LogP contribution is 2.41. The predicted molar refractivity (Wildman–Crippen MR) is 142 cm³/mol. The lowest BCUT2D eigenvalue weighted by molar-refractivity contribution is -0.0601. The summed E-state index contributed by atoms with van der Waals surface area (Å²) in [6.45, 7) is 11.3. The van der Waals surface area contributed by atoms with Crippen LogP contribution in [0.25, 0.3) is 20.8 Å². The van der Waals surface area contributed by atoms with Crippen molar-refractivity contribution in [1.29, 1.82) is 0 Å². The van der Waals surface area contributed by atoms with Crippen molar-refractivity contribution in [2.24, 2.45) is 11.8 Å². The predicted octanol–water partition coefficient (Wildman–Crippen LogP) is 3.58. The quantitative estimate of drug-likeness (QED) is 0.322. The van der Waals surface area contributed by atoms with Gasteiger partial charge in [-0.1, -0.05) is 0 Å².